The molecular formula is C19H19N3O4. The van der Waals surface area contributed by atoms with E-state index in [0.717, 1.165) is 18.4 Å². The van der Waals surface area contributed by atoms with Crippen molar-refractivity contribution in [1.82, 2.24) is 14.1 Å². The molecule has 0 spiro atoms. The van der Waals surface area contributed by atoms with Crippen LogP contribution in [-0.2, 0) is 13.1 Å². The lowest BCUT2D eigenvalue weighted by Gasteiger charge is -2.13. The Kier molecular flexibility index (Phi) is 4.20. The van der Waals surface area contributed by atoms with Crippen molar-refractivity contribution in [2.75, 3.05) is 6.79 Å². The highest BCUT2D eigenvalue weighted by atomic mass is 16.7. The third kappa shape index (κ3) is 2.75. The van der Waals surface area contributed by atoms with Crippen LogP contribution in [0.1, 0.15) is 25.3 Å². The van der Waals surface area contributed by atoms with E-state index >= 15 is 0 Å². The first-order valence-corrected chi connectivity index (χ1v) is 8.66. The van der Waals surface area contributed by atoms with Gasteiger partial charge in [0.1, 0.15) is 0 Å². The molecule has 0 saturated heterocycles. The summed E-state index contributed by atoms with van der Waals surface area (Å²) in [5.74, 6) is 1.29. The maximum absolute atomic E-state index is 13.0. The van der Waals surface area contributed by atoms with Crippen LogP contribution in [0.15, 0.2) is 46.1 Å². The van der Waals surface area contributed by atoms with Gasteiger partial charge in [-0.2, -0.15) is 0 Å². The minimum atomic E-state index is -0.379. The van der Waals surface area contributed by atoms with E-state index in [9.17, 15) is 9.59 Å². The van der Waals surface area contributed by atoms with Gasteiger partial charge < -0.3 is 9.47 Å². The number of ether oxygens (including phenoxy) is 2. The molecule has 0 saturated carbocycles. The van der Waals surface area contributed by atoms with E-state index in [4.69, 9.17) is 9.47 Å². The van der Waals surface area contributed by atoms with E-state index in [1.165, 1.54) is 4.57 Å². The van der Waals surface area contributed by atoms with Gasteiger partial charge in [-0.25, -0.2) is 9.78 Å². The summed E-state index contributed by atoms with van der Waals surface area (Å²) in [6.45, 7) is 2.96. The van der Waals surface area contributed by atoms with Crippen molar-refractivity contribution in [2.45, 2.75) is 32.9 Å². The topological polar surface area (TPSA) is 75.3 Å². The third-order valence-electron chi connectivity index (χ3n) is 4.50. The molecule has 3 heterocycles. The van der Waals surface area contributed by atoms with Gasteiger partial charge in [-0.1, -0.05) is 19.4 Å². The van der Waals surface area contributed by atoms with Crippen molar-refractivity contribution in [3.05, 3.63) is 62.9 Å². The van der Waals surface area contributed by atoms with Gasteiger partial charge in [0.2, 0.25) is 6.79 Å². The van der Waals surface area contributed by atoms with Gasteiger partial charge in [-0.3, -0.25) is 13.9 Å². The molecule has 2 aromatic heterocycles. The zero-order valence-corrected chi connectivity index (χ0v) is 14.5. The monoisotopic (exact) mass is 353 g/mol. The predicted octanol–water partition coefficient (Wildman–Crippen LogP) is 2.14. The summed E-state index contributed by atoms with van der Waals surface area (Å²) in [5.41, 5.74) is 0.991. The number of unbranched alkanes of at least 4 members (excludes halogenated alkanes) is 1. The molecule has 1 aliphatic rings. The summed E-state index contributed by atoms with van der Waals surface area (Å²) in [7, 11) is 0. The number of aromatic nitrogens is 3. The molecular weight excluding hydrogens is 334 g/mol. The lowest BCUT2D eigenvalue weighted by Crippen LogP contribution is -2.40. The van der Waals surface area contributed by atoms with Crippen LogP contribution in [0.2, 0.25) is 0 Å². The Morgan fingerprint density at radius 3 is 2.81 bits per heavy atom. The molecule has 7 heteroatoms. The molecule has 3 aromatic rings. The summed E-state index contributed by atoms with van der Waals surface area (Å²) in [5, 5.41) is 0. The second-order valence-electron chi connectivity index (χ2n) is 6.24. The zero-order chi connectivity index (χ0) is 18.1. The van der Waals surface area contributed by atoms with Crippen molar-refractivity contribution in [2.24, 2.45) is 0 Å². The van der Waals surface area contributed by atoms with Crippen LogP contribution in [-0.4, -0.2) is 20.9 Å². The van der Waals surface area contributed by atoms with Gasteiger partial charge in [0.05, 0.1) is 12.1 Å². The average Bonchev–Trinajstić information content (AvgIpc) is 3.13. The van der Waals surface area contributed by atoms with Crippen molar-refractivity contribution >= 4 is 11.0 Å². The number of rotatable bonds is 5. The van der Waals surface area contributed by atoms with Crippen LogP contribution in [0.5, 0.6) is 11.5 Å². The van der Waals surface area contributed by atoms with Crippen LogP contribution in [0.4, 0.5) is 0 Å². The molecule has 0 bridgehead atoms. The number of nitrogens with zero attached hydrogens (tertiary/aromatic N) is 3. The Morgan fingerprint density at radius 1 is 1.12 bits per heavy atom. The van der Waals surface area contributed by atoms with Crippen LogP contribution in [0, 0.1) is 0 Å². The Balaban J connectivity index is 1.84. The first kappa shape index (κ1) is 16.4. The number of benzene rings is 1. The van der Waals surface area contributed by atoms with Crippen LogP contribution in [0.3, 0.4) is 0 Å². The summed E-state index contributed by atoms with van der Waals surface area (Å²) in [4.78, 5) is 30.0. The van der Waals surface area contributed by atoms with E-state index in [2.05, 4.69) is 11.9 Å². The first-order chi connectivity index (χ1) is 12.7. The highest BCUT2D eigenvalue weighted by molar-refractivity contribution is 5.73. The zero-order valence-electron chi connectivity index (χ0n) is 14.5. The Morgan fingerprint density at radius 2 is 1.96 bits per heavy atom. The minimum Gasteiger partial charge on any atom is -0.454 e. The highest BCUT2D eigenvalue weighted by Crippen LogP contribution is 2.32. The number of pyridine rings is 1. The van der Waals surface area contributed by atoms with Gasteiger partial charge >= 0.3 is 5.69 Å². The Labute approximate surface area is 149 Å². The molecule has 0 N–H and O–H groups in total. The minimum absolute atomic E-state index is 0.160. The van der Waals surface area contributed by atoms with E-state index in [1.54, 1.807) is 35.0 Å². The quantitative estimate of drug-likeness (QED) is 0.702. The maximum atomic E-state index is 13.0. The van der Waals surface area contributed by atoms with Gasteiger partial charge in [0, 0.05) is 12.7 Å². The number of hydrogen-bond acceptors (Lipinski definition) is 5. The highest BCUT2D eigenvalue weighted by Gasteiger charge is 2.17. The maximum Gasteiger partial charge on any atom is 0.331 e. The van der Waals surface area contributed by atoms with Crippen molar-refractivity contribution in [3.8, 4) is 11.5 Å². The van der Waals surface area contributed by atoms with Gasteiger partial charge in [-0.15, -0.1) is 0 Å². The molecule has 1 aromatic carbocycles. The van der Waals surface area contributed by atoms with Crippen LogP contribution < -0.4 is 20.7 Å². The molecule has 4 rings (SSSR count). The number of fused-ring (bicyclic) bond motifs is 2. The fourth-order valence-electron chi connectivity index (χ4n) is 3.14. The van der Waals surface area contributed by atoms with Crippen molar-refractivity contribution in [1.29, 1.82) is 0 Å². The normalized spacial score (nSPS) is 12.7. The Hall–Kier alpha value is -3.09. The van der Waals surface area contributed by atoms with Gasteiger partial charge in [0.15, 0.2) is 17.0 Å². The van der Waals surface area contributed by atoms with E-state index in [1.807, 2.05) is 6.07 Å². The molecule has 1 aliphatic heterocycles. The third-order valence-corrected chi connectivity index (χ3v) is 4.50. The largest absolute Gasteiger partial charge is 0.454 e. The lowest BCUT2D eigenvalue weighted by atomic mass is 10.2. The Bertz CT molecular complexity index is 1080. The van der Waals surface area contributed by atoms with Crippen molar-refractivity contribution < 1.29 is 9.47 Å². The second-order valence-corrected chi connectivity index (χ2v) is 6.24. The van der Waals surface area contributed by atoms with Crippen LogP contribution in [0.25, 0.3) is 11.0 Å². The summed E-state index contributed by atoms with van der Waals surface area (Å²) >= 11 is 0. The fraction of sp³-hybridized carbons (Fsp3) is 0.316. The lowest BCUT2D eigenvalue weighted by molar-refractivity contribution is 0.174. The van der Waals surface area contributed by atoms with Gasteiger partial charge in [0.25, 0.3) is 5.56 Å². The molecule has 134 valence electrons. The second kappa shape index (κ2) is 6.67. The summed E-state index contributed by atoms with van der Waals surface area (Å²) in [6, 6.07) is 8.93. The van der Waals surface area contributed by atoms with Crippen molar-refractivity contribution in [3.63, 3.8) is 0 Å². The van der Waals surface area contributed by atoms with E-state index in [0.29, 0.717) is 29.1 Å². The molecule has 7 nitrogen and oxygen atoms in total. The predicted molar refractivity (Wildman–Crippen MR) is 96.8 cm³/mol. The number of hydrogen-bond donors (Lipinski definition) is 0. The summed E-state index contributed by atoms with van der Waals surface area (Å²) in [6.07, 6.45) is 3.38. The SMILES string of the molecule is CCCCn1c(=O)n(Cc2ccc3c(c2)OCO3)c(=O)c2ncccc21. The molecule has 0 amide bonds. The standard InChI is InChI=1S/C19H19N3O4/c1-2-3-9-21-14-5-4-8-20-17(14)18(23)22(19(21)24)11-13-6-7-15-16(10-13)26-12-25-15/h4-8,10H,2-3,9,11-12H2,1H3. The van der Waals surface area contributed by atoms with Gasteiger partial charge in [-0.05, 0) is 36.2 Å². The molecule has 0 radical (unpaired) electrons. The molecule has 26 heavy (non-hydrogen) atoms. The first-order valence-electron chi connectivity index (χ1n) is 8.66. The van der Waals surface area contributed by atoms with E-state index in [-0.39, 0.29) is 24.6 Å². The summed E-state index contributed by atoms with van der Waals surface area (Å²) < 4.78 is 13.6. The van der Waals surface area contributed by atoms with E-state index < -0.39 is 0 Å². The van der Waals surface area contributed by atoms with Crippen LogP contribution >= 0.6 is 0 Å². The fourth-order valence-corrected chi connectivity index (χ4v) is 3.14. The molecule has 0 fully saturated rings. The average molecular weight is 353 g/mol. The molecule has 0 aliphatic carbocycles. The number of aryl methyl sites for hydroxylation is 1. The molecule has 0 atom stereocenters. The smallest absolute Gasteiger partial charge is 0.331 e. The molecule has 0 unspecified atom stereocenters.